The molecule has 2 amide bonds. The number of rotatable bonds is 3. The number of carbonyl (C=O) groups excluding carboxylic acids is 2. The summed E-state index contributed by atoms with van der Waals surface area (Å²) in [7, 11) is 0. The predicted octanol–water partition coefficient (Wildman–Crippen LogP) is 3.27. The lowest BCUT2D eigenvalue weighted by Gasteiger charge is -2.16. The van der Waals surface area contributed by atoms with Crippen molar-refractivity contribution in [1.82, 2.24) is 10.3 Å². The van der Waals surface area contributed by atoms with Gasteiger partial charge in [0.15, 0.2) is 6.10 Å². The SMILES string of the molecule is Nc1cnc(Oc2ccc3c(c2)CC[C@H]3C2OC(=O)NC2=O)c2ccccc12. The minimum absolute atomic E-state index is 0.133. The van der Waals surface area contributed by atoms with Crippen LogP contribution in [-0.4, -0.2) is 23.1 Å². The maximum absolute atomic E-state index is 11.9. The van der Waals surface area contributed by atoms with Gasteiger partial charge in [0.05, 0.1) is 11.9 Å². The highest BCUT2D eigenvalue weighted by Crippen LogP contribution is 2.40. The number of nitrogens with one attached hydrogen (secondary N) is 1. The van der Waals surface area contributed by atoms with Gasteiger partial charge in [-0.25, -0.2) is 9.78 Å². The number of ether oxygens (including phenoxy) is 2. The zero-order chi connectivity index (χ0) is 19.3. The first-order chi connectivity index (χ1) is 13.6. The largest absolute Gasteiger partial charge is 0.438 e. The van der Waals surface area contributed by atoms with E-state index in [4.69, 9.17) is 15.2 Å². The number of alkyl carbamates (subject to hydrolysis) is 1. The smallest absolute Gasteiger partial charge is 0.414 e. The molecule has 0 radical (unpaired) electrons. The minimum atomic E-state index is -0.761. The van der Waals surface area contributed by atoms with Gasteiger partial charge in [-0.1, -0.05) is 24.3 Å². The summed E-state index contributed by atoms with van der Waals surface area (Å²) in [6.07, 6.45) is 1.68. The van der Waals surface area contributed by atoms with Crippen LogP contribution < -0.4 is 15.8 Å². The summed E-state index contributed by atoms with van der Waals surface area (Å²) in [5, 5.41) is 3.93. The molecule has 3 N–H and O–H groups in total. The van der Waals surface area contributed by atoms with Crippen molar-refractivity contribution in [1.29, 1.82) is 0 Å². The number of cyclic esters (lactones) is 1. The number of fused-ring (bicyclic) bond motifs is 2. The lowest BCUT2D eigenvalue weighted by molar-refractivity contribution is -0.124. The monoisotopic (exact) mass is 375 g/mol. The van der Waals surface area contributed by atoms with Crippen molar-refractivity contribution in [2.75, 3.05) is 5.73 Å². The Bertz CT molecular complexity index is 1130. The van der Waals surface area contributed by atoms with Gasteiger partial charge in [0.2, 0.25) is 5.88 Å². The normalized spacial score (nSPS) is 20.7. The van der Waals surface area contributed by atoms with E-state index in [-0.39, 0.29) is 11.8 Å². The molecule has 1 aliphatic carbocycles. The number of amides is 2. The number of nitrogens with two attached hydrogens (primary N) is 1. The van der Waals surface area contributed by atoms with Crippen LogP contribution in [0.5, 0.6) is 11.6 Å². The number of hydrogen-bond acceptors (Lipinski definition) is 6. The van der Waals surface area contributed by atoms with Gasteiger partial charge in [-0.2, -0.15) is 0 Å². The lowest BCUT2D eigenvalue weighted by Crippen LogP contribution is -2.28. The molecule has 2 heterocycles. The molecule has 2 atom stereocenters. The van der Waals surface area contributed by atoms with E-state index in [1.54, 1.807) is 6.20 Å². The number of benzene rings is 2. The van der Waals surface area contributed by atoms with E-state index < -0.39 is 12.2 Å². The van der Waals surface area contributed by atoms with Crippen molar-refractivity contribution < 1.29 is 19.1 Å². The van der Waals surface area contributed by atoms with Crippen molar-refractivity contribution in [3.05, 3.63) is 59.8 Å². The standard InChI is InChI=1S/C21H17N3O4/c22-17-10-23-20(16-4-2-1-3-14(16)17)27-12-6-8-13-11(9-12)5-7-15(13)18-19(25)24-21(26)28-18/h1-4,6,8-10,15,18H,5,7,22H2,(H,24,25,26)/t15-,18?/m1/s1. The summed E-state index contributed by atoms with van der Waals surface area (Å²) in [5.41, 5.74) is 8.70. The average molecular weight is 375 g/mol. The molecule has 7 heteroatoms. The van der Waals surface area contributed by atoms with E-state index in [1.807, 2.05) is 42.5 Å². The van der Waals surface area contributed by atoms with Crippen LogP contribution in [0.25, 0.3) is 10.8 Å². The van der Waals surface area contributed by atoms with E-state index >= 15 is 0 Å². The van der Waals surface area contributed by atoms with Gasteiger partial charge in [0.25, 0.3) is 5.91 Å². The summed E-state index contributed by atoms with van der Waals surface area (Å²) in [6, 6.07) is 13.4. The van der Waals surface area contributed by atoms with Crippen LogP contribution in [-0.2, 0) is 16.0 Å². The van der Waals surface area contributed by atoms with Crippen molar-refractivity contribution >= 4 is 28.5 Å². The third kappa shape index (κ3) is 2.63. The summed E-state index contributed by atoms with van der Waals surface area (Å²) in [6.45, 7) is 0. The fourth-order valence-corrected chi connectivity index (χ4v) is 4.02. The highest BCUT2D eigenvalue weighted by molar-refractivity contribution is 6.00. The topological polar surface area (TPSA) is 104 Å². The number of carbonyl (C=O) groups is 2. The van der Waals surface area contributed by atoms with E-state index in [0.717, 1.165) is 34.7 Å². The third-order valence-corrected chi connectivity index (χ3v) is 5.33. The summed E-state index contributed by atoms with van der Waals surface area (Å²) >= 11 is 0. The Hall–Kier alpha value is -3.61. The number of pyridine rings is 1. The summed E-state index contributed by atoms with van der Waals surface area (Å²) < 4.78 is 11.2. The van der Waals surface area contributed by atoms with Crippen LogP contribution in [0.15, 0.2) is 48.7 Å². The van der Waals surface area contributed by atoms with Crippen LogP contribution in [0.3, 0.4) is 0 Å². The molecule has 5 rings (SSSR count). The molecular weight excluding hydrogens is 358 g/mol. The fourth-order valence-electron chi connectivity index (χ4n) is 4.02. The van der Waals surface area contributed by atoms with Gasteiger partial charge in [-0.05, 0) is 42.2 Å². The Morgan fingerprint density at radius 1 is 1.14 bits per heavy atom. The van der Waals surface area contributed by atoms with Gasteiger partial charge in [0, 0.05) is 16.7 Å². The Kier molecular flexibility index (Phi) is 3.68. The number of imide groups is 1. The molecule has 1 fully saturated rings. The molecule has 1 aromatic heterocycles. The average Bonchev–Trinajstić information content (AvgIpc) is 3.26. The first-order valence-corrected chi connectivity index (χ1v) is 9.05. The number of nitrogen functional groups attached to an aromatic ring is 1. The van der Waals surface area contributed by atoms with Gasteiger partial charge in [-0.15, -0.1) is 0 Å². The van der Waals surface area contributed by atoms with Crippen LogP contribution in [0.1, 0.15) is 23.5 Å². The summed E-state index contributed by atoms with van der Waals surface area (Å²) in [4.78, 5) is 27.6. The van der Waals surface area contributed by atoms with Crippen LogP contribution in [0, 0.1) is 0 Å². The molecule has 2 aromatic carbocycles. The number of aryl methyl sites for hydroxylation is 1. The summed E-state index contributed by atoms with van der Waals surface area (Å²) in [5.74, 6) is 0.643. The van der Waals surface area contributed by atoms with Crippen LogP contribution >= 0.6 is 0 Å². The second kappa shape index (κ2) is 6.23. The number of nitrogens with zero attached hydrogens (tertiary/aromatic N) is 1. The van der Waals surface area contributed by atoms with Gasteiger partial charge < -0.3 is 15.2 Å². The molecule has 1 aliphatic heterocycles. The van der Waals surface area contributed by atoms with Crippen molar-refractivity contribution in [3.8, 4) is 11.6 Å². The molecule has 1 unspecified atom stereocenters. The quantitative estimate of drug-likeness (QED) is 0.728. The van der Waals surface area contributed by atoms with E-state index in [2.05, 4.69) is 10.3 Å². The minimum Gasteiger partial charge on any atom is -0.438 e. The number of aromatic nitrogens is 1. The highest BCUT2D eigenvalue weighted by atomic mass is 16.6. The Labute approximate surface area is 160 Å². The second-order valence-electron chi connectivity index (χ2n) is 6.99. The molecule has 7 nitrogen and oxygen atoms in total. The molecular formula is C21H17N3O4. The van der Waals surface area contributed by atoms with Crippen molar-refractivity contribution in [2.45, 2.75) is 24.9 Å². The molecule has 0 spiro atoms. The van der Waals surface area contributed by atoms with Crippen LogP contribution in [0.4, 0.5) is 10.5 Å². The molecule has 2 aliphatic rings. The highest BCUT2D eigenvalue weighted by Gasteiger charge is 2.42. The zero-order valence-electron chi connectivity index (χ0n) is 14.8. The molecule has 0 saturated carbocycles. The maximum Gasteiger partial charge on any atom is 0.414 e. The molecule has 140 valence electrons. The predicted molar refractivity (Wildman–Crippen MR) is 102 cm³/mol. The molecule has 0 bridgehead atoms. The molecule has 28 heavy (non-hydrogen) atoms. The maximum atomic E-state index is 11.9. The van der Waals surface area contributed by atoms with Gasteiger partial charge in [-0.3, -0.25) is 10.1 Å². The van der Waals surface area contributed by atoms with Gasteiger partial charge in [0.1, 0.15) is 5.75 Å². The number of hydrogen-bond donors (Lipinski definition) is 2. The Morgan fingerprint density at radius 3 is 2.75 bits per heavy atom. The van der Waals surface area contributed by atoms with E-state index in [1.165, 1.54) is 0 Å². The molecule has 1 saturated heterocycles. The first kappa shape index (κ1) is 16.6. The Morgan fingerprint density at radius 2 is 1.96 bits per heavy atom. The van der Waals surface area contributed by atoms with E-state index in [9.17, 15) is 9.59 Å². The molecule has 3 aromatic rings. The van der Waals surface area contributed by atoms with Gasteiger partial charge >= 0.3 is 6.09 Å². The Balaban J connectivity index is 1.45. The number of anilines is 1. The van der Waals surface area contributed by atoms with Crippen molar-refractivity contribution in [3.63, 3.8) is 0 Å². The second-order valence-corrected chi connectivity index (χ2v) is 6.99. The fraction of sp³-hybridized carbons (Fsp3) is 0.190. The van der Waals surface area contributed by atoms with Crippen molar-refractivity contribution in [2.24, 2.45) is 0 Å². The van der Waals surface area contributed by atoms with Crippen LogP contribution in [0.2, 0.25) is 0 Å². The third-order valence-electron chi connectivity index (χ3n) is 5.33. The van der Waals surface area contributed by atoms with E-state index in [0.29, 0.717) is 17.3 Å². The first-order valence-electron chi connectivity index (χ1n) is 9.05. The zero-order valence-corrected chi connectivity index (χ0v) is 14.8. The lowest BCUT2D eigenvalue weighted by atomic mass is 9.95.